The third-order valence-corrected chi connectivity index (χ3v) is 2.59. The van der Waals surface area contributed by atoms with Gasteiger partial charge in [0.1, 0.15) is 5.82 Å². The second-order valence-electron chi connectivity index (χ2n) is 4.06. The van der Waals surface area contributed by atoms with Gasteiger partial charge in [-0.05, 0) is 25.5 Å². The molecule has 0 fully saturated rings. The van der Waals surface area contributed by atoms with Gasteiger partial charge in [0.25, 0.3) is 0 Å². The highest BCUT2D eigenvalue weighted by Crippen LogP contribution is 2.23. The summed E-state index contributed by atoms with van der Waals surface area (Å²) in [6, 6.07) is 4.98. The van der Waals surface area contributed by atoms with Crippen LogP contribution in [0.15, 0.2) is 18.2 Å². The molecule has 106 valence electrons. The molecule has 1 aromatic heterocycles. The van der Waals surface area contributed by atoms with E-state index < -0.39 is 0 Å². The highest BCUT2D eigenvalue weighted by atomic mass is 19.1. The Labute approximate surface area is 116 Å². The van der Waals surface area contributed by atoms with Crippen molar-refractivity contribution in [2.24, 2.45) is 0 Å². The Morgan fingerprint density at radius 2 is 1.95 bits per heavy atom. The van der Waals surface area contributed by atoms with E-state index in [0.29, 0.717) is 18.2 Å². The molecule has 0 aliphatic heterocycles. The Morgan fingerprint density at radius 3 is 2.60 bits per heavy atom. The zero-order valence-corrected chi connectivity index (χ0v) is 11.6. The fraction of sp³-hybridized carbons (Fsp3) is 0.308. The summed E-state index contributed by atoms with van der Waals surface area (Å²) in [5, 5.41) is 5.82. The second kappa shape index (κ2) is 6.14. The molecular weight excluding hydrogens is 261 g/mol. The van der Waals surface area contributed by atoms with Gasteiger partial charge < -0.3 is 15.4 Å². The van der Waals surface area contributed by atoms with E-state index in [2.05, 4.69) is 25.6 Å². The number of hydrogen-bond donors (Lipinski definition) is 2. The maximum Gasteiger partial charge on any atom is 0.322 e. The third-order valence-electron chi connectivity index (χ3n) is 2.59. The Balaban J connectivity index is 2.35. The summed E-state index contributed by atoms with van der Waals surface area (Å²) in [6.07, 6.45) is 0. The molecule has 0 radical (unpaired) electrons. The van der Waals surface area contributed by atoms with Crippen molar-refractivity contribution in [1.82, 2.24) is 15.0 Å². The van der Waals surface area contributed by atoms with Gasteiger partial charge in [-0.2, -0.15) is 15.0 Å². The molecule has 0 aliphatic carbocycles. The number of anilines is 3. The molecule has 7 heteroatoms. The number of ether oxygens (including phenoxy) is 1. The Morgan fingerprint density at radius 1 is 1.20 bits per heavy atom. The van der Waals surface area contributed by atoms with Crippen molar-refractivity contribution in [3.05, 3.63) is 29.6 Å². The van der Waals surface area contributed by atoms with Crippen LogP contribution in [0.5, 0.6) is 6.01 Å². The van der Waals surface area contributed by atoms with Crippen molar-refractivity contribution in [3.63, 3.8) is 0 Å². The number of aryl methyl sites for hydroxylation is 1. The van der Waals surface area contributed by atoms with E-state index in [9.17, 15) is 4.39 Å². The number of methoxy groups -OCH3 is 1. The fourth-order valence-corrected chi connectivity index (χ4v) is 1.64. The summed E-state index contributed by atoms with van der Waals surface area (Å²) in [7, 11) is 1.46. The molecule has 6 nitrogen and oxygen atoms in total. The average Bonchev–Trinajstić information content (AvgIpc) is 2.43. The second-order valence-corrected chi connectivity index (χ2v) is 4.06. The molecule has 2 N–H and O–H groups in total. The van der Waals surface area contributed by atoms with Gasteiger partial charge in [0.15, 0.2) is 0 Å². The predicted octanol–water partition coefficient (Wildman–Crippen LogP) is 2.50. The topological polar surface area (TPSA) is 72.0 Å². The summed E-state index contributed by atoms with van der Waals surface area (Å²) in [4.78, 5) is 12.2. The lowest BCUT2D eigenvalue weighted by Crippen LogP contribution is -2.08. The van der Waals surface area contributed by atoms with Gasteiger partial charge in [0.05, 0.1) is 12.8 Å². The van der Waals surface area contributed by atoms with Crippen LogP contribution < -0.4 is 15.4 Å². The van der Waals surface area contributed by atoms with Crippen molar-refractivity contribution in [1.29, 1.82) is 0 Å². The molecule has 0 unspecified atom stereocenters. The molecule has 0 spiro atoms. The first kappa shape index (κ1) is 14.0. The molecule has 1 heterocycles. The number of nitrogens with zero attached hydrogens (tertiary/aromatic N) is 3. The van der Waals surface area contributed by atoms with Crippen molar-refractivity contribution >= 4 is 17.6 Å². The van der Waals surface area contributed by atoms with E-state index in [-0.39, 0.29) is 17.8 Å². The van der Waals surface area contributed by atoms with Crippen molar-refractivity contribution in [3.8, 4) is 6.01 Å². The molecule has 0 saturated heterocycles. The Hall–Kier alpha value is -2.44. The minimum absolute atomic E-state index is 0.160. The highest BCUT2D eigenvalue weighted by Gasteiger charge is 2.10. The standard InChI is InChI=1S/C13H16FN5O/c1-4-15-11-17-12(19-13(18-11)20-3)16-10-8(2)6-5-7-9(10)14/h5-7H,4H2,1-3H3,(H2,15,16,17,18,19). The van der Waals surface area contributed by atoms with Crippen LogP contribution in [-0.2, 0) is 0 Å². The largest absolute Gasteiger partial charge is 0.467 e. The molecule has 2 rings (SSSR count). The summed E-state index contributed by atoms with van der Waals surface area (Å²) in [6.45, 7) is 4.38. The molecule has 1 aromatic carbocycles. The quantitative estimate of drug-likeness (QED) is 0.875. The molecule has 0 atom stereocenters. The summed E-state index contributed by atoms with van der Waals surface area (Å²) in [5.74, 6) is 0.228. The normalized spacial score (nSPS) is 10.2. The number of hydrogen-bond acceptors (Lipinski definition) is 6. The minimum Gasteiger partial charge on any atom is -0.467 e. The zero-order valence-electron chi connectivity index (χ0n) is 11.6. The van der Waals surface area contributed by atoms with Gasteiger partial charge in [-0.15, -0.1) is 0 Å². The van der Waals surface area contributed by atoms with Crippen molar-refractivity contribution in [2.45, 2.75) is 13.8 Å². The fourth-order valence-electron chi connectivity index (χ4n) is 1.64. The monoisotopic (exact) mass is 277 g/mol. The van der Waals surface area contributed by atoms with Crippen LogP contribution in [0.1, 0.15) is 12.5 Å². The van der Waals surface area contributed by atoms with E-state index in [1.807, 2.05) is 6.92 Å². The molecule has 0 saturated carbocycles. The van der Waals surface area contributed by atoms with Crippen LogP contribution in [0.3, 0.4) is 0 Å². The van der Waals surface area contributed by atoms with Crippen LogP contribution in [0.4, 0.5) is 22.0 Å². The van der Waals surface area contributed by atoms with Crippen LogP contribution in [0.25, 0.3) is 0 Å². The highest BCUT2D eigenvalue weighted by molar-refractivity contribution is 5.59. The predicted molar refractivity (Wildman–Crippen MR) is 75.0 cm³/mol. The van der Waals surface area contributed by atoms with Gasteiger partial charge in [-0.25, -0.2) is 4.39 Å². The van der Waals surface area contributed by atoms with E-state index in [0.717, 1.165) is 5.56 Å². The number of para-hydroxylation sites is 1. The van der Waals surface area contributed by atoms with Gasteiger partial charge in [-0.1, -0.05) is 12.1 Å². The molecular formula is C13H16FN5O. The van der Waals surface area contributed by atoms with Crippen LogP contribution in [-0.4, -0.2) is 28.6 Å². The first-order valence-electron chi connectivity index (χ1n) is 6.20. The van der Waals surface area contributed by atoms with Crippen LogP contribution >= 0.6 is 0 Å². The first-order valence-corrected chi connectivity index (χ1v) is 6.20. The summed E-state index contributed by atoms with van der Waals surface area (Å²) >= 11 is 0. The lowest BCUT2D eigenvalue weighted by Gasteiger charge is -2.11. The number of aromatic nitrogens is 3. The number of benzene rings is 1. The lowest BCUT2D eigenvalue weighted by molar-refractivity contribution is 0.379. The molecule has 0 bridgehead atoms. The smallest absolute Gasteiger partial charge is 0.322 e. The lowest BCUT2D eigenvalue weighted by atomic mass is 10.2. The van der Waals surface area contributed by atoms with Crippen molar-refractivity contribution < 1.29 is 9.13 Å². The molecule has 2 aromatic rings. The average molecular weight is 277 g/mol. The maximum absolute atomic E-state index is 13.8. The summed E-state index contributed by atoms with van der Waals surface area (Å²) in [5.41, 5.74) is 1.09. The molecule has 0 aliphatic rings. The van der Waals surface area contributed by atoms with Gasteiger partial charge in [0, 0.05) is 6.54 Å². The number of rotatable bonds is 5. The third kappa shape index (κ3) is 3.11. The number of halogens is 1. The van der Waals surface area contributed by atoms with Crippen molar-refractivity contribution in [2.75, 3.05) is 24.3 Å². The van der Waals surface area contributed by atoms with E-state index in [4.69, 9.17) is 4.74 Å². The van der Waals surface area contributed by atoms with Gasteiger partial charge >= 0.3 is 6.01 Å². The summed E-state index contributed by atoms with van der Waals surface area (Å²) < 4.78 is 18.8. The molecule has 0 amide bonds. The van der Waals surface area contributed by atoms with E-state index >= 15 is 0 Å². The minimum atomic E-state index is -0.366. The SMILES string of the molecule is CCNc1nc(Nc2c(C)cccc2F)nc(OC)n1. The zero-order chi connectivity index (χ0) is 14.5. The van der Waals surface area contributed by atoms with E-state index in [1.165, 1.54) is 13.2 Å². The Kier molecular flexibility index (Phi) is 4.29. The first-order chi connectivity index (χ1) is 9.63. The van der Waals surface area contributed by atoms with Crippen LogP contribution in [0.2, 0.25) is 0 Å². The van der Waals surface area contributed by atoms with Gasteiger partial charge in [-0.3, -0.25) is 0 Å². The maximum atomic E-state index is 13.8. The Bertz CT molecular complexity index is 585. The van der Waals surface area contributed by atoms with E-state index in [1.54, 1.807) is 19.1 Å². The van der Waals surface area contributed by atoms with Crippen LogP contribution in [0, 0.1) is 12.7 Å². The molecule has 20 heavy (non-hydrogen) atoms. The van der Waals surface area contributed by atoms with Gasteiger partial charge in [0.2, 0.25) is 11.9 Å². The number of nitrogens with one attached hydrogen (secondary N) is 2.